The first kappa shape index (κ1) is 13.5. The second-order valence-corrected chi connectivity index (χ2v) is 3.87. The zero-order valence-electron chi connectivity index (χ0n) is 11.0. The van der Waals surface area contributed by atoms with Gasteiger partial charge in [-0.15, -0.1) is 0 Å². The van der Waals surface area contributed by atoms with E-state index < -0.39 is 5.97 Å². The van der Waals surface area contributed by atoms with E-state index in [1.54, 1.807) is 7.11 Å². The van der Waals surface area contributed by atoms with Crippen LogP contribution in [0.5, 0.6) is 0 Å². The number of fused-ring (bicyclic) bond motifs is 1. The Morgan fingerprint density at radius 2 is 2.16 bits per heavy atom. The fourth-order valence-electron chi connectivity index (χ4n) is 1.76. The predicted octanol–water partition coefficient (Wildman–Crippen LogP) is 1.28. The Balaban J connectivity index is 2.29. The largest absolute Gasteiger partial charge is 0.464 e. The minimum atomic E-state index is -0.464. The van der Waals surface area contributed by atoms with Crippen LogP contribution in [-0.4, -0.2) is 42.8 Å². The maximum atomic E-state index is 11.7. The van der Waals surface area contributed by atoms with Gasteiger partial charge in [-0.1, -0.05) is 6.07 Å². The van der Waals surface area contributed by atoms with Crippen LogP contribution in [0, 0.1) is 0 Å². The first-order valence-corrected chi connectivity index (χ1v) is 5.89. The van der Waals surface area contributed by atoms with Crippen molar-refractivity contribution in [3.8, 4) is 0 Å². The molecule has 0 radical (unpaired) electrons. The summed E-state index contributed by atoms with van der Waals surface area (Å²) in [5.41, 5.74) is 1.65. The molecule has 0 spiro atoms. The van der Waals surface area contributed by atoms with E-state index in [9.17, 15) is 4.79 Å². The van der Waals surface area contributed by atoms with E-state index in [-0.39, 0.29) is 12.3 Å². The normalized spacial score (nSPS) is 10.8. The molecule has 0 aliphatic heterocycles. The molecule has 0 unspecified atom stereocenters. The van der Waals surface area contributed by atoms with Crippen molar-refractivity contribution >= 4 is 11.6 Å². The molecule has 0 saturated carbocycles. The molecular formula is C13H16N2O4. The van der Waals surface area contributed by atoms with Crippen molar-refractivity contribution in [1.82, 2.24) is 9.38 Å². The topological polar surface area (TPSA) is 62.1 Å². The fourth-order valence-corrected chi connectivity index (χ4v) is 1.76. The van der Waals surface area contributed by atoms with E-state index in [1.165, 1.54) is 7.11 Å². The van der Waals surface area contributed by atoms with E-state index in [1.807, 2.05) is 28.8 Å². The number of pyridine rings is 1. The highest BCUT2D eigenvalue weighted by atomic mass is 16.5. The molecule has 0 aliphatic rings. The number of nitrogens with zero attached hydrogens (tertiary/aromatic N) is 2. The van der Waals surface area contributed by atoms with Crippen molar-refractivity contribution < 1.29 is 19.0 Å². The molecule has 0 bridgehead atoms. The first-order valence-electron chi connectivity index (χ1n) is 5.89. The van der Waals surface area contributed by atoms with E-state index in [0.29, 0.717) is 24.6 Å². The summed E-state index contributed by atoms with van der Waals surface area (Å²) in [6.07, 6.45) is 1.84. The van der Waals surface area contributed by atoms with Crippen molar-refractivity contribution in [2.24, 2.45) is 0 Å². The number of esters is 1. The maximum Gasteiger partial charge on any atom is 0.358 e. The Hall–Kier alpha value is -1.92. The molecule has 0 N–H and O–H groups in total. The summed E-state index contributed by atoms with van der Waals surface area (Å²) < 4.78 is 16.9. The molecule has 2 rings (SSSR count). The summed E-state index contributed by atoms with van der Waals surface area (Å²) in [4.78, 5) is 16.0. The molecule has 6 heteroatoms. The van der Waals surface area contributed by atoms with Crippen LogP contribution in [0.15, 0.2) is 24.4 Å². The third-order valence-electron chi connectivity index (χ3n) is 2.68. The molecule has 0 aliphatic carbocycles. The summed E-state index contributed by atoms with van der Waals surface area (Å²) in [5.74, 6) is -0.464. The Kier molecular flexibility index (Phi) is 4.48. The molecule has 2 heterocycles. The number of carbonyl (C=O) groups excluding carboxylic acids is 1. The fraction of sp³-hybridized carbons (Fsp3) is 0.385. The molecule has 2 aromatic heterocycles. The average Bonchev–Trinajstić information content (AvgIpc) is 2.81. The van der Waals surface area contributed by atoms with Crippen LogP contribution in [0.3, 0.4) is 0 Å². The van der Waals surface area contributed by atoms with Crippen molar-refractivity contribution in [3.05, 3.63) is 35.8 Å². The smallest absolute Gasteiger partial charge is 0.358 e. The van der Waals surface area contributed by atoms with Crippen molar-refractivity contribution in [2.75, 3.05) is 27.4 Å². The molecule has 2 aromatic rings. The highest BCUT2D eigenvalue weighted by Crippen LogP contribution is 2.14. The maximum absolute atomic E-state index is 11.7. The number of rotatable bonds is 6. The molecule has 0 aromatic carbocycles. The van der Waals surface area contributed by atoms with Crippen LogP contribution in [-0.2, 0) is 20.8 Å². The zero-order chi connectivity index (χ0) is 13.7. The minimum Gasteiger partial charge on any atom is -0.464 e. The van der Waals surface area contributed by atoms with Crippen LogP contribution < -0.4 is 0 Å². The lowest BCUT2D eigenvalue weighted by Gasteiger charge is -2.05. The number of ether oxygens (including phenoxy) is 3. The summed E-state index contributed by atoms with van der Waals surface area (Å²) in [5, 5.41) is 0. The van der Waals surface area contributed by atoms with Crippen LogP contribution in [0.2, 0.25) is 0 Å². The van der Waals surface area contributed by atoms with Crippen LogP contribution in [0.25, 0.3) is 5.65 Å². The van der Waals surface area contributed by atoms with Gasteiger partial charge in [0.05, 0.1) is 32.6 Å². The summed E-state index contributed by atoms with van der Waals surface area (Å²) in [6, 6.07) is 5.55. The highest BCUT2D eigenvalue weighted by Gasteiger charge is 2.19. The first-order chi connectivity index (χ1) is 9.27. The lowest BCUT2D eigenvalue weighted by molar-refractivity contribution is 0.0538. The summed E-state index contributed by atoms with van der Waals surface area (Å²) >= 11 is 0. The second-order valence-electron chi connectivity index (χ2n) is 3.87. The van der Waals surface area contributed by atoms with E-state index in [4.69, 9.17) is 14.2 Å². The van der Waals surface area contributed by atoms with Gasteiger partial charge in [0.25, 0.3) is 0 Å². The van der Waals surface area contributed by atoms with Gasteiger partial charge in [-0.25, -0.2) is 9.78 Å². The monoisotopic (exact) mass is 264 g/mol. The van der Waals surface area contributed by atoms with Gasteiger partial charge in [-0.2, -0.15) is 0 Å². The van der Waals surface area contributed by atoms with Gasteiger partial charge in [-0.05, 0) is 12.1 Å². The van der Waals surface area contributed by atoms with Gasteiger partial charge in [0.1, 0.15) is 5.65 Å². The molecule has 6 nitrogen and oxygen atoms in total. The number of carbonyl (C=O) groups is 1. The SMILES string of the molecule is COCCOCc1c(C(=O)OC)nc2ccccn12. The molecule has 0 fully saturated rings. The second kappa shape index (κ2) is 6.31. The molecule has 19 heavy (non-hydrogen) atoms. The number of imidazole rings is 1. The third-order valence-corrected chi connectivity index (χ3v) is 2.68. The number of aromatic nitrogens is 2. The van der Waals surface area contributed by atoms with Gasteiger partial charge < -0.3 is 18.6 Å². The van der Waals surface area contributed by atoms with Crippen molar-refractivity contribution in [1.29, 1.82) is 0 Å². The third kappa shape index (κ3) is 2.91. The van der Waals surface area contributed by atoms with E-state index in [0.717, 1.165) is 0 Å². The lowest BCUT2D eigenvalue weighted by Crippen LogP contribution is -2.09. The molecule has 0 atom stereocenters. The number of hydrogen-bond acceptors (Lipinski definition) is 5. The highest BCUT2D eigenvalue weighted by molar-refractivity contribution is 5.89. The summed E-state index contributed by atoms with van der Waals surface area (Å²) in [7, 11) is 2.94. The number of methoxy groups -OCH3 is 2. The lowest BCUT2D eigenvalue weighted by atomic mass is 10.3. The van der Waals surface area contributed by atoms with Crippen molar-refractivity contribution in [2.45, 2.75) is 6.61 Å². The zero-order valence-corrected chi connectivity index (χ0v) is 11.0. The van der Waals surface area contributed by atoms with Gasteiger partial charge in [0.2, 0.25) is 0 Å². The van der Waals surface area contributed by atoms with Crippen molar-refractivity contribution in [3.63, 3.8) is 0 Å². The molecule has 102 valence electrons. The Bertz CT molecular complexity index is 565. The average molecular weight is 264 g/mol. The quantitative estimate of drug-likeness (QED) is 0.581. The van der Waals surface area contributed by atoms with Gasteiger partial charge >= 0.3 is 5.97 Å². The van der Waals surface area contributed by atoms with Crippen LogP contribution in [0.1, 0.15) is 16.2 Å². The predicted molar refractivity (Wildman–Crippen MR) is 68.1 cm³/mol. The number of hydrogen-bond donors (Lipinski definition) is 0. The Morgan fingerprint density at radius 3 is 2.89 bits per heavy atom. The molecule has 0 amide bonds. The van der Waals surface area contributed by atoms with Gasteiger partial charge in [0.15, 0.2) is 5.69 Å². The standard InChI is InChI=1S/C13H16N2O4/c1-17-7-8-19-9-10-12(13(16)18-2)14-11-5-3-4-6-15(10)11/h3-6H,7-9H2,1-2H3. The Labute approximate surface area is 110 Å². The van der Waals surface area contributed by atoms with Gasteiger partial charge in [-0.3, -0.25) is 0 Å². The van der Waals surface area contributed by atoms with Crippen LogP contribution in [0.4, 0.5) is 0 Å². The van der Waals surface area contributed by atoms with Crippen LogP contribution >= 0.6 is 0 Å². The molecular weight excluding hydrogens is 248 g/mol. The van der Waals surface area contributed by atoms with Gasteiger partial charge in [0, 0.05) is 13.3 Å². The molecule has 0 saturated heterocycles. The summed E-state index contributed by atoms with van der Waals surface area (Å²) in [6.45, 7) is 1.24. The minimum absolute atomic E-state index is 0.277. The van der Waals surface area contributed by atoms with E-state index >= 15 is 0 Å². The Morgan fingerprint density at radius 1 is 1.32 bits per heavy atom. The van der Waals surface area contributed by atoms with E-state index in [2.05, 4.69) is 4.98 Å².